The van der Waals surface area contributed by atoms with Gasteiger partial charge in [-0.25, -0.2) is 0 Å². The zero-order valence-electron chi connectivity index (χ0n) is 13.2. The third-order valence-corrected chi connectivity index (χ3v) is 7.14. The first-order chi connectivity index (χ1) is 9.76. The van der Waals surface area contributed by atoms with Crippen molar-refractivity contribution in [2.45, 2.75) is 63.8 Å². The maximum Gasteiger partial charge on any atom is 0.0388 e. The molecule has 5 fully saturated rings. The van der Waals surface area contributed by atoms with Gasteiger partial charge in [0, 0.05) is 18.6 Å². The highest BCUT2D eigenvalue weighted by atomic mass is 15.2. The van der Waals surface area contributed by atoms with Gasteiger partial charge in [0.1, 0.15) is 0 Å². The van der Waals surface area contributed by atoms with Crippen molar-refractivity contribution in [2.75, 3.05) is 19.6 Å². The Labute approximate surface area is 124 Å². The Morgan fingerprint density at radius 3 is 2.05 bits per heavy atom. The maximum atomic E-state index is 6.47. The van der Waals surface area contributed by atoms with Crippen LogP contribution in [0.15, 0.2) is 0 Å². The molecule has 20 heavy (non-hydrogen) atoms. The van der Waals surface area contributed by atoms with Crippen LogP contribution >= 0.6 is 0 Å². The van der Waals surface area contributed by atoms with Gasteiger partial charge in [-0.05, 0) is 87.5 Å². The van der Waals surface area contributed by atoms with Crippen molar-refractivity contribution in [1.29, 1.82) is 0 Å². The molecule has 0 aromatic carbocycles. The minimum atomic E-state index is 0.395. The Hall–Kier alpha value is -0.0800. The topological polar surface area (TPSA) is 29.3 Å². The van der Waals surface area contributed by atoms with E-state index in [0.29, 0.717) is 5.54 Å². The number of nitrogens with zero attached hydrogens (tertiary/aromatic N) is 1. The number of hydrogen-bond acceptors (Lipinski definition) is 2. The first-order valence-corrected chi connectivity index (χ1v) is 9.21. The van der Waals surface area contributed by atoms with E-state index in [4.69, 9.17) is 5.73 Å². The molecular formula is C18H32N2. The second-order valence-electron chi connectivity index (χ2n) is 8.39. The van der Waals surface area contributed by atoms with E-state index < -0.39 is 0 Å². The first-order valence-electron chi connectivity index (χ1n) is 9.21. The number of nitrogens with two attached hydrogens (primary N) is 1. The normalized spacial score (nSPS) is 46.4. The van der Waals surface area contributed by atoms with Crippen molar-refractivity contribution in [3.63, 3.8) is 0 Å². The van der Waals surface area contributed by atoms with E-state index in [2.05, 4.69) is 11.8 Å². The fraction of sp³-hybridized carbons (Fsp3) is 1.00. The second-order valence-corrected chi connectivity index (χ2v) is 8.39. The molecule has 0 atom stereocenters. The van der Waals surface area contributed by atoms with Crippen LogP contribution in [0.4, 0.5) is 0 Å². The monoisotopic (exact) mass is 276 g/mol. The molecule has 0 aromatic rings. The Morgan fingerprint density at radius 1 is 1.00 bits per heavy atom. The van der Waals surface area contributed by atoms with Gasteiger partial charge < -0.3 is 5.73 Å². The van der Waals surface area contributed by atoms with E-state index >= 15 is 0 Å². The molecule has 2 heteroatoms. The lowest BCUT2D eigenvalue weighted by Crippen LogP contribution is -2.69. The van der Waals surface area contributed by atoms with Crippen molar-refractivity contribution in [3.05, 3.63) is 0 Å². The summed E-state index contributed by atoms with van der Waals surface area (Å²) in [4.78, 5) is 2.90. The predicted molar refractivity (Wildman–Crippen MR) is 83.4 cm³/mol. The van der Waals surface area contributed by atoms with Crippen LogP contribution in [-0.4, -0.2) is 30.1 Å². The van der Waals surface area contributed by atoms with E-state index in [1.807, 2.05) is 0 Å². The summed E-state index contributed by atoms with van der Waals surface area (Å²) in [7, 11) is 0. The lowest BCUT2D eigenvalue weighted by molar-refractivity contribution is -0.132. The molecule has 0 spiro atoms. The lowest BCUT2D eigenvalue weighted by atomic mass is 9.48. The SMILES string of the molecule is CCCN(CC1CC1)C1(CN)C2CC3CC(C2)CC1C3. The van der Waals surface area contributed by atoms with Crippen LogP contribution in [0.5, 0.6) is 0 Å². The lowest BCUT2D eigenvalue weighted by Gasteiger charge is -2.64. The molecule has 2 N–H and O–H groups in total. The van der Waals surface area contributed by atoms with Gasteiger partial charge in [0.05, 0.1) is 0 Å². The van der Waals surface area contributed by atoms with E-state index in [-0.39, 0.29) is 0 Å². The molecule has 5 rings (SSSR count). The van der Waals surface area contributed by atoms with Gasteiger partial charge in [-0.3, -0.25) is 4.90 Å². The molecule has 5 saturated carbocycles. The molecule has 5 aliphatic carbocycles. The van der Waals surface area contributed by atoms with Crippen LogP contribution in [0.3, 0.4) is 0 Å². The highest BCUT2D eigenvalue weighted by molar-refractivity contribution is 5.13. The smallest absolute Gasteiger partial charge is 0.0388 e. The van der Waals surface area contributed by atoms with Gasteiger partial charge in [-0.2, -0.15) is 0 Å². The van der Waals surface area contributed by atoms with Crippen LogP contribution in [-0.2, 0) is 0 Å². The van der Waals surface area contributed by atoms with Crippen molar-refractivity contribution >= 4 is 0 Å². The van der Waals surface area contributed by atoms with Gasteiger partial charge in [-0.15, -0.1) is 0 Å². The molecule has 0 aromatic heterocycles. The van der Waals surface area contributed by atoms with Gasteiger partial charge >= 0.3 is 0 Å². The van der Waals surface area contributed by atoms with Crippen LogP contribution in [0.1, 0.15) is 58.3 Å². The minimum Gasteiger partial charge on any atom is -0.329 e. The molecule has 0 radical (unpaired) electrons. The molecule has 0 heterocycles. The average Bonchev–Trinajstić information content (AvgIpc) is 3.23. The van der Waals surface area contributed by atoms with Crippen LogP contribution in [0.2, 0.25) is 0 Å². The van der Waals surface area contributed by atoms with Gasteiger partial charge in [0.25, 0.3) is 0 Å². The summed E-state index contributed by atoms with van der Waals surface area (Å²) in [6.07, 6.45) is 11.8. The standard InChI is InChI=1S/C18H32N2/c1-2-5-20(11-13-3-4-13)18(12-19)16-7-14-6-15(9-16)10-17(18)8-14/h13-17H,2-12,19H2,1H3. The van der Waals surface area contributed by atoms with Crippen molar-refractivity contribution in [2.24, 2.45) is 35.3 Å². The predicted octanol–water partition coefficient (Wildman–Crippen LogP) is 3.26. The molecule has 0 amide bonds. The van der Waals surface area contributed by atoms with Crippen LogP contribution < -0.4 is 5.73 Å². The van der Waals surface area contributed by atoms with Crippen LogP contribution in [0.25, 0.3) is 0 Å². The summed E-state index contributed by atoms with van der Waals surface area (Å²) >= 11 is 0. The quantitative estimate of drug-likeness (QED) is 0.807. The van der Waals surface area contributed by atoms with Crippen molar-refractivity contribution in [3.8, 4) is 0 Å². The third-order valence-electron chi connectivity index (χ3n) is 7.14. The zero-order chi connectivity index (χ0) is 13.7. The highest BCUT2D eigenvalue weighted by Gasteiger charge is 2.58. The van der Waals surface area contributed by atoms with Gasteiger partial charge in [0.15, 0.2) is 0 Å². The zero-order valence-corrected chi connectivity index (χ0v) is 13.2. The Balaban J connectivity index is 1.62. The summed E-state index contributed by atoms with van der Waals surface area (Å²) in [5, 5.41) is 0. The fourth-order valence-electron chi connectivity index (χ4n) is 6.33. The van der Waals surface area contributed by atoms with Gasteiger partial charge in [0.2, 0.25) is 0 Å². The number of rotatable bonds is 6. The summed E-state index contributed by atoms with van der Waals surface area (Å²) in [5.41, 5.74) is 6.87. The summed E-state index contributed by atoms with van der Waals surface area (Å²) in [5.74, 6) is 4.97. The third kappa shape index (κ3) is 1.98. The summed E-state index contributed by atoms with van der Waals surface area (Å²) in [6, 6.07) is 0. The minimum absolute atomic E-state index is 0.395. The van der Waals surface area contributed by atoms with Crippen LogP contribution in [0, 0.1) is 29.6 Å². The summed E-state index contributed by atoms with van der Waals surface area (Å²) < 4.78 is 0. The Morgan fingerprint density at radius 2 is 1.60 bits per heavy atom. The Kier molecular flexibility index (Phi) is 3.38. The number of hydrogen-bond donors (Lipinski definition) is 1. The molecule has 0 unspecified atom stereocenters. The second kappa shape index (κ2) is 4.98. The van der Waals surface area contributed by atoms with E-state index in [9.17, 15) is 0 Å². The molecule has 114 valence electrons. The van der Waals surface area contributed by atoms with E-state index in [1.54, 1.807) is 6.42 Å². The molecule has 0 aliphatic heterocycles. The van der Waals surface area contributed by atoms with E-state index in [1.165, 1.54) is 58.0 Å². The Bertz CT molecular complexity index is 332. The van der Waals surface area contributed by atoms with Crippen molar-refractivity contribution in [1.82, 2.24) is 4.90 Å². The molecule has 0 saturated heterocycles. The maximum absolute atomic E-state index is 6.47. The fourth-order valence-corrected chi connectivity index (χ4v) is 6.33. The largest absolute Gasteiger partial charge is 0.329 e. The summed E-state index contributed by atoms with van der Waals surface area (Å²) in [6.45, 7) is 5.91. The molecule has 2 nitrogen and oxygen atoms in total. The average molecular weight is 276 g/mol. The molecule has 4 bridgehead atoms. The van der Waals surface area contributed by atoms with Crippen molar-refractivity contribution < 1.29 is 0 Å². The highest BCUT2D eigenvalue weighted by Crippen LogP contribution is 2.60. The van der Waals surface area contributed by atoms with E-state index in [0.717, 1.165) is 36.1 Å². The molecule has 5 aliphatic rings. The van der Waals surface area contributed by atoms with Gasteiger partial charge in [-0.1, -0.05) is 6.92 Å². The molecular weight excluding hydrogens is 244 g/mol. The first kappa shape index (κ1) is 13.6.